The zero-order valence-corrected chi connectivity index (χ0v) is 12.6. The molecule has 19 heavy (non-hydrogen) atoms. The molecule has 0 aromatic rings. The predicted molar refractivity (Wildman–Crippen MR) is 77.5 cm³/mol. The molecule has 1 unspecified atom stereocenters. The summed E-state index contributed by atoms with van der Waals surface area (Å²) in [5.74, 6) is 0. The molecule has 2 rings (SSSR count). The van der Waals surface area contributed by atoms with Crippen molar-refractivity contribution < 1.29 is 9.47 Å². The van der Waals surface area contributed by atoms with Crippen LogP contribution >= 0.6 is 0 Å². The Kier molecular flexibility index (Phi) is 6.07. The Balaban J connectivity index is 1.93. The second-order valence-electron chi connectivity index (χ2n) is 6.16. The molecule has 0 amide bonds. The summed E-state index contributed by atoms with van der Waals surface area (Å²) in [6.07, 6.45) is 3.91. The van der Waals surface area contributed by atoms with Crippen LogP contribution in [0.2, 0.25) is 0 Å². The van der Waals surface area contributed by atoms with Crippen LogP contribution in [0.25, 0.3) is 0 Å². The third-order valence-corrected chi connectivity index (χ3v) is 4.40. The van der Waals surface area contributed by atoms with Gasteiger partial charge in [0.1, 0.15) is 0 Å². The third kappa shape index (κ3) is 4.71. The fraction of sp³-hybridized carbons (Fsp3) is 1.00. The van der Waals surface area contributed by atoms with Crippen molar-refractivity contribution >= 4 is 0 Å². The third-order valence-electron chi connectivity index (χ3n) is 4.40. The van der Waals surface area contributed by atoms with Crippen molar-refractivity contribution in [1.82, 2.24) is 10.2 Å². The van der Waals surface area contributed by atoms with Crippen molar-refractivity contribution in [1.29, 1.82) is 0 Å². The van der Waals surface area contributed by atoms with E-state index in [4.69, 9.17) is 9.47 Å². The Bertz CT molecular complexity index is 255. The summed E-state index contributed by atoms with van der Waals surface area (Å²) in [4.78, 5) is 2.61. The molecule has 0 aliphatic carbocycles. The van der Waals surface area contributed by atoms with E-state index in [0.717, 1.165) is 45.9 Å². The van der Waals surface area contributed by atoms with Crippen molar-refractivity contribution in [2.24, 2.45) is 5.41 Å². The summed E-state index contributed by atoms with van der Waals surface area (Å²) >= 11 is 0. The summed E-state index contributed by atoms with van der Waals surface area (Å²) in [5.41, 5.74) is 0.401. The normalized spacial score (nSPS) is 29.1. The van der Waals surface area contributed by atoms with E-state index in [9.17, 15) is 0 Å². The highest BCUT2D eigenvalue weighted by molar-refractivity contribution is 4.88. The number of nitrogens with zero attached hydrogens (tertiary/aromatic N) is 1. The smallest absolute Gasteiger partial charge is 0.0673 e. The van der Waals surface area contributed by atoms with Gasteiger partial charge in [0, 0.05) is 46.0 Å². The summed E-state index contributed by atoms with van der Waals surface area (Å²) in [7, 11) is 0. The van der Waals surface area contributed by atoms with Gasteiger partial charge in [0.25, 0.3) is 0 Å². The molecule has 2 fully saturated rings. The van der Waals surface area contributed by atoms with E-state index in [0.29, 0.717) is 11.5 Å². The molecule has 2 heterocycles. The Morgan fingerprint density at radius 3 is 2.79 bits per heavy atom. The highest BCUT2D eigenvalue weighted by Crippen LogP contribution is 2.31. The van der Waals surface area contributed by atoms with Gasteiger partial charge in [-0.3, -0.25) is 0 Å². The first-order chi connectivity index (χ1) is 9.24. The molecule has 2 aliphatic heterocycles. The lowest BCUT2D eigenvalue weighted by Crippen LogP contribution is -2.48. The molecule has 112 valence electrons. The molecule has 0 bridgehead atoms. The Hall–Kier alpha value is -0.160. The van der Waals surface area contributed by atoms with Gasteiger partial charge in [0.2, 0.25) is 0 Å². The van der Waals surface area contributed by atoms with Gasteiger partial charge < -0.3 is 19.7 Å². The molecule has 0 aromatic carbocycles. The van der Waals surface area contributed by atoms with Crippen LogP contribution in [0.15, 0.2) is 0 Å². The van der Waals surface area contributed by atoms with Crippen LogP contribution < -0.4 is 5.32 Å². The zero-order chi connectivity index (χ0) is 13.6. The molecular formula is C15H30N2O2. The topological polar surface area (TPSA) is 33.7 Å². The molecule has 0 saturated carbocycles. The van der Waals surface area contributed by atoms with E-state index >= 15 is 0 Å². The minimum Gasteiger partial charge on any atom is -0.381 e. The molecule has 4 heteroatoms. The molecule has 2 aliphatic rings. The zero-order valence-electron chi connectivity index (χ0n) is 12.6. The largest absolute Gasteiger partial charge is 0.381 e. The fourth-order valence-corrected chi connectivity index (χ4v) is 3.28. The van der Waals surface area contributed by atoms with E-state index in [-0.39, 0.29) is 0 Å². The Labute approximate surface area is 117 Å². The molecule has 0 radical (unpaired) electrons. The van der Waals surface area contributed by atoms with Gasteiger partial charge in [-0.25, -0.2) is 0 Å². The average molecular weight is 270 g/mol. The second kappa shape index (κ2) is 7.58. The van der Waals surface area contributed by atoms with Gasteiger partial charge in [-0.1, -0.05) is 6.92 Å². The number of hydrogen-bond donors (Lipinski definition) is 1. The van der Waals surface area contributed by atoms with Crippen molar-refractivity contribution in [2.45, 2.75) is 39.2 Å². The van der Waals surface area contributed by atoms with Crippen LogP contribution in [0.1, 0.15) is 33.1 Å². The van der Waals surface area contributed by atoms with Gasteiger partial charge in [0.05, 0.1) is 6.10 Å². The van der Waals surface area contributed by atoms with Crippen molar-refractivity contribution in [2.75, 3.05) is 52.5 Å². The monoisotopic (exact) mass is 270 g/mol. The maximum atomic E-state index is 5.75. The van der Waals surface area contributed by atoms with Crippen molar-refractivity contribution in [3.8, 4) is 0 Å². The number of rotatable bonds is 5. The van der Waals surface area contributed by atoms with Gasteiger partial charge in [-0.05, 0) is 38.1 Å². The van der Waals surface area contributed by atoms with E-state index < -0.39 is 0 Å². The van der Waals surface area contributed by atoms with E-state index in [2.05, 4.69) is 24.1 Å². The Morgan fingerprint density at radius 2 is 2.05 bits per heavy atom. The number of ether oxygens (including phenoxy) is 2. The highest BCUT2D eigenvalue weighted by Gasteiger charge is 2.34. The summed E-state index contributed by atoms with van der Waals surface area (Å²) in [5, 5.41) is 3.56. The molecule has 4 nitrogen and oxygen atoms in total. The first-order valence-electron chi connectivity index (χ1n) is 7.86. The van der Waals surface area contributed by atoms with Crippen molar-refractivity contribution in [3.05, 3.63) is 0 Å². The quantitative estimate of drug-likeness (QED) is 0.821. The minimum absolute atomic E-state index is 0.374. The predicted octanol–water partition coefficient (Wildman–Crippen LogP) is 1.50. The maximum Gasteiger partial charge on any atom is 0.0673 e. The first kappa shape index (κ1) is 15.2. The van der Waals surface area contributed by atoms with Gasteiger partial charge in [-0.2, -0.15) is 0 Å². The lowest BCUT2D eigenvalue weighted by atomic mass is 9.79. The molecule has 1 N–H and O–H groups in total. The summed E-state index contributed by atoms with van der Waals surface area (Å²) in [6.45, 7) is 12.8. The highest BCUT2D eigenvalue weighted by atomic mass is 16.5. The van der Waals surface area contributed by atoms with Gasteiger partial charge in [-0.15, -0.1) is 0 Å². The van der Waals surface area contributed by atoms with Crippen LogP contribution in [0.3, 0.4) is 0 Å². The molecular weight excluding hydrogens is 240 g/mol. The number of hydrogen-bond acceptors (Lipinski definition) is 4. The second-order valence-corrected chi connectivity index (χ2v) is 6.16. The molecule has 0 spiro atoms. The SMILES string of the molecule is CCNCC1(CN2CCCOC(C)C2)CCOCC1. The van der Waals surface area contributed by atoms with E-state index in [1.54, 1.807) is 0 Å². The van der Waals surface area contributed by atoms with Crippen LogP contribution in [-0.2, 0) is 9.47 Å². The van der Waals surface area contributed by atoms with Crippen LogP contribution in [0.4, 0.5) is 0 Å². The molecule has 0 aromatic heterocycles. The standard InChI is InChI=1S/C15H30N2O2/c1-3-16-12-15(5-9-18-10-6-15)13-17-7-4-8-19-14(2)11-17/h14,16H,3-13H2,1-2H3. The van der Waals surface area contributed by atoms with Gasteiger partial charge in [0.15, 0.2) is 0 Å². The summed E-state index contributed by atoms with van der Waals surface area (Å²) < 4.78 is 11.3. The number of nitrogens with one attached hydrogen (secondary N) is 1. The Morgan fingerprint density at radius 1 is 1.26 bits per heavy atom. The average Bonchev–Trinajstić information content (AvgIpc) is 2.62. The van der Waals surface area contributed by atoms with Gasteiger partial charge >= 0.3 is 0 Å². The van der Waals surface area contributed by atoms with Crippen LogP contribution in [0.5, 0.6) is 0 Å². The fourth-order valence-electron chi connectivity index (χ4n) is 3.28. The lowest BCUT2D eigenvalue weighted by Gasteiger charge is -2.41. The van der Waals surface area contributed by atoms with E-state index in [1.807, 2.05) is 0 Å². The van der Waals surface area contributed by atoms with Crippen molar-refractivity contribution in [3.63, 3.8) is 0 Å². The molecule has 2 saturated heterocycles. The lowest BCUT2D eigenvalue weighted by molar-refractivity contribution is -0.00842. The van der Waals surface area contributed by atoms with E-state index in [1.165, 1.54) is 25.9 Å². The van der Waals surface area contributed by atoms with Crippen LogP contribution in [0, 0.1) is 5.41 Å². The maximum absolute atomic E-state index is 5.75. The summed E-state index contributed by atoms with van der Waals surface area (Å²) in [6, 6.07) is 0. The molecule has 1 atom stereocenters. The minimum atomic E-state index is 0.374. The first-order valence-corrected chi connectivity index (χ1v) is 7.86. The van der Waals surface area contributed by atoms with Crippen LogP contribution in [-0.4, -0.2) is 63.5 Å².